The molecule has 0 saturated carbocycles. The Morgan fingerprint density at radius 2 is 1.74 bits per heavy atom. The molecular weight excluding hydrogens is 519 g/mol. The zero-order valence-electron chi connectivity index (χ0n) is 15.8. The second-order valence-electron chi connectivity index (χ2n) is 6.21. The lowest BCUT2D eigenvalue weighted by Gasteiger charge is -2.15. The van der Waals surface area contributed by atoms with E-state index in [1.807, 2.05) is 36.4 Å². The van der Waals surface area contributed by atoms with E-state index in [1.54, 1.807) is 19.0 Å². The maximum absolute atomic E-state index is 11.9. The molecule has 0 fully saturated rings. The van der Waals surface area contributed by atoms with Crippen molar-refractivity contribution < 1.29 is 4.79 Å². The number of carbonyl (C=O) groups excluding carboxylic acids is 1. The van der Waals surface area contributed by atoms with Crippen LogP contribution in [0.1, 0.15) is 16.7 Å². The highest BCUT2D eigenvalue weighted by atomic mass is 127. The lowest BCUT2D eigenvalue weighted by molar-refractivity contribution is -0.127. The van der Waals surface area contributed by atoms with Gasteiger partial charge >= 0.3 is 0 Å². The third-order valence-corrected chi connectivity index (χ3v) is 4.48. The molecule has 0 radical (unpaired) electrons. The first kappa shape index (κ1) is 23.4. The fraction of sp³-hybridized carbons (Fsp3) is 0.300. The molecule has 5 nitrogen and oxygen atoms in total. The summed E-state index contributed by atoms with van der Waals surface area (Å²) in [5, 5.41) is 6.42. The van der Waals surface area contributed by atoms with Gasteiger partial charge in [-0.1, -0.05) is 52.3 Å². The van der Waals surface area contributed by atoms with Crippen LogP contribution in [0.2, 0.25) is 0 Å². The van der Waals surface area contributed by atoms with E-state index in [9.17, 15) is 4.79 Å². The first-order chi connectivity index (χ1) is 12.5. The normalized spacial score (nSPS) is 10.7. The summed E-state index contributed by atoms with van der Waals surface area (Å²) in [5.41, 5.74) is 3.52. The van der Waals surface area contributed by atoms with Gasteiger partial charge in [0.05, 0.1) is 13.1 Å². The predicted octanol–water partition coefficient (Wildman–Crippen LogP) is 3.70. The fourth-order valence-electron chi connectivity index (χ4n) is 2.24. The summed E-state index contributed by atoms with van der Waals surface area (Å²) in [6, 6.07) is 16.2. The number of aliphatic imine (C=N–C) groups is 1. The van der Waals surface area contributed by atoms with E-state index in [1.165, 1.54) is 11.1 Å². The molecule has 27 heavy (non-hydrogen) atoms. The van der Waals surface area contributed by atoms with Gasteiger partial charge in [-0.05, 0) is 35.7 Å². The number of benzene rings is 2. The third kappa shape index (κ3) is 8.30. The highest BCUT2D eigenvalue weighted by Crippen LogP contribution is 2.11. The van der Waals surface area contributed by atoms with Crippen LogP contribution in [0.25, 0.3) is 0 Å². The number of carbonyl (C=O) groups is 1. The summed E-state index contributed by atoms with van der Waals surface area (Å²) in [4.78, 5) is 18.0. The van der Waals surface area contributed by atoms with E-state index in [-0.39, 0.29) is 36.4 Å². The second kappa shape index (κ2) is 12.0. The Hall–Kier alpha value is -1.61. The molecule has 2 N–H and O–H groups in total. The van der Waals surface area contributed by atoms with Crippen molar-refractivity contribution in [3.8, 4) is 0 Å². The average molecular weight is 545 g/mol. The van der Waals surface area contributed by atoms with Crippen LogP contribution in [0.5, 0.6) is 0 Å². The van der Waals surface area contributed by atoms with Gasteiger partial charge in [0.15, 0.2) is 5.96 Å². The highest BCUT2D eigenvalue weighted by molar-refractivity contribution is 14.0. The predicted molar refractivity (Wildman–Crippen MR) is 125 cm³/mol. The summed E-state index contributed by atoms with van der Waals surface area (Å²) in [7, 11) is 3.48. The molecule has 0 aromatic heterocycles. The first-order valence-corrected chi connectivity index (χ1v) is 9.26. The molecule has 0 spiro atoms. The maximum Gasteiger partial charge on any atom is 0.241 e. The zero-order valence-corrected chi connectivity index (χ0v) is 19.7. The number of nitrogens with one attached hydrogen (secondary N) is 2. The molecule has 2 aromatic carbocycles. The SMILES string of the molecule is Cc1ccccc1CNC(=NCc1ccc(Br)cc1)NCC(=O)N(C)C.I. The zero-order chi connectivity index (χ0) is 18.9. The molecule has 0 aliphatic heterocycles. The van der Waals surface area contributed by atoms with E-state index in [0.29, 0.717) is 19.0 Å². The van der Waals surface area contributed by atoms with Crippen molar-refractivity contribution in [3.63, 3.8) is 0 Å². The lowest BCUT2D eigenvalue weighted by atomic mass is 10.1. The summed E-state index contributed by atoms with van der Waals surface area (Å²) >= 11 is 3.43. The number of guanidine groups is 1. The number of nitrogens with zero attached hydrogens (tertiary/aromatic N) is 2. The van der Waals surface area contributed by atoms with Gasteiger partial charge in [-0.25, -0.2) is 4.99 Å². The Morgan fingerprint density at radius 3 is 2.37 bits per heavy atom. The van der Waals surface area contributed by atoms with Crippen molar-refractivity contribution in [3.05, 3.63) is 69.7 Å². The van der Waals surface area contributed by atoms with Crippen LogP contribution in [0.3, 0.4) is 0 Å². The molecule has 0 aliphatic carbocycles. The lowest BCUT2D eigenvalue weighted by Crippen LogP contribution is -2.42. The van der Waals surface area contributed by atoms with Crippen molar-refractivity contribution in [2.75, 3.05) is 20.6 Å². The Morgan fingerprint density at radius 1 is 1.07 bits per heavy atom. The molecule has 0 heterocycles. The van der Waals surface area contributed by atoms with Gasteiger partial charge in [0.2, 0.25) is 5.91 Å². The van der Waals surface area contributed by atoms with Gasteiger partial charge < -0.3 is 15.5 Å². The molecule has 0 unspecified atom stereocenters. The summed E-state index contributed by atoms with van der Waals surface area (Å²) in [6.45, 7) is 3.47. The van der Waals surface area contributed by atoms with Gasteiger partial charge in [0.1, 0.15) is 0 Å². The number of amides is 1. The van der Waals surface area contributed by atoms with Gasteiger partial charge in [-0.2, -0.15) is 0 Å². The molecule has 0 saturated heterocycles. The van der Waals surface area contributed by atoms with Crippen LogP contribution in [0.4, 0.5) is 0 Å². The molecule has 146 valence electrons. The molecule has 2 aromatic rings. The fourth-order valence-corrected chi connectivity index (χ4v) is 2.50. The van der Waals surface area contributed by atoms with E-state index < -0.39 is 0 Å². The molecular formula is C20H26BrIN4O. The quantitative estimate of drug-likeness (QED) is 0.331. The minimum Gasteiger partial charge on any atom is -0.352 e. The van der Waals surface area contributed by atoms with Crippen LogP contribution in [0.15, 0.2) is 58.0 Å². The summed E-state index contributed by atoms with van der Waals surface area (Å²) in [5.74, 6) is 0.616. The van der Waals surface area contributed by atoms with Gasteiger partial charge in [-0.15, -0.1) is 24.0 Å². The summed E-state index contributed by atoms with van der Waals surface area (Å²) < 4.78 is 1.04. The Labute approximate surface area is 186 Å². The minimum atomic E-state index is -0.000895. The average Bonchev–Trinajstić information content (AvgIpc) is 2.63. The van der Waals surface area contributed by atoms with Gasteiger partial charge in [0, 0.05) is 25.1 Å². The van der Waals surface area contributed by atoms with Crippen LogP contribution < -0.4 is 10.6 Å². The Kier molecular flexibility index (Phi) is 10.4. The van der Waals surface area contributed by atoms with Crippen molar-refractivity contribution in [1.29, 1.82) is 0 Å². The number of halogens is 2. The molecule has 0 aliphatic rings. The van der Waals surface area contributed by atoms with Gasteiger partial charge in [-0.3, -0.25) is 4.79 Å². The van der Waals surface area contributed by atoms with Gasteiger partial charge in [0.25, 0.3) is 0 Å². The largest absolute Gasteiger partial charge is 0.352 e. The number of likely N-dealkylation sites (N-methyl/N-ethyl adjacent to an activating group) is 1. The van der Waals surface area contributed by atoms with Crippen molar-refractivity contribution in [2.45, 2.75) is 20.0 Å². The number of hydrogen-bond acceptors (Lipinski definition) is 2. The molecule has 0 atom stereocenters. The van der Waals surface area contributed by atoms with Crippen LogP contribution in [-0.4, -0.2) is 37.4 Å². The number of aryl methyl sites for hydroxylation is 1. The molecule has 0 bridgehead atoms. The summed E-state index contributed by atoms with van der Waals surface area (Å²) in [6.07, 6.45) is 0. The Bertz CT molecular complexity index is 763. The van der Waals surface area contributed by atoms with Crippen LogP contribution >= 0.6 is 39.9 Å². The second-order valence-corrected chi connectivity index (χ2v) is 7.13. The standard InChI is InChI=1S/C20H25BrN4O.HI/c1-15-6-4-5-7-17(15)13-23-20(24-14-19(26)25(2)3)22-12-16-8-10-18(21)11-9-16;/h4-11H,12-14H2,1-3H3,(H2,22,23,24);1H. The van der Waals surface area contributed by atoms with Crippen molar-refractivity contribution in [2.24, 2.45) is 4.99 Å². The minimum absolute atomic E-state index is 0. The topological polar surface area (TPSA) is 56.7 Å². The maximum atomic E-state index is 11.9. The monoisotopic (exact) mass is 544 g/mol. The van der Waals surface area contributed by atoms with Crippen molar-refractivity contribution in [1.82, 2.24) is 15.5 Å². The van der Waals surface area contributed by atoms with Crippen LogP contribution in [0, 0.1) is 6.92 Å². The van der Waals surface area contributed by atoms with E-state index in [2.05, 4.69) is 50.6 Å². The molecule has 1 amide bonds. The Balaban J connectivity index is 0.00000364. The van der Waals surface area contributed by atoms with E-state index >= 15 is 0 Å². The highest BCUT2D eigenvalue weighted by Gasteiger charge is 2.06. The molecule has 2 rings (SSSR count). The smallest absolute Gasteiger partial charge is 0.241 e. The van der Waals surface area contributed by atoms with E-state index in [0.717, 1.165) is 10.0 Å². The van der Waals surface area contributed by atoms with Crippen LogP contribution in [-0.2, 0) is 17.9 Å². The van der Waals surface area contributed by atoms with Crippen molar-refractivity contribution >= 4 is 51.8 Å². The first-order valence-electron chi connectivity index (χ1n) is 8.47. The molecule has 7 heteroatoms. The third-order valence-electron chi connectivity index (χ3n) is 3.95. The number of hydrogen-bond donors (Lipinski definition) is 2. The van der Waals surface area contributed by atoms with E-state index in [4.69, 9.17) is 0 Å². The number of rotatable bonds is 6.